The van der Waals surface area contributed by atoms with Crippen molar-refractivity contribution >= 4 is 34.7 Å². The molecular weight excluding hydrogens is 305 g/mol. The van der Waals surface area contributed by atoms with Gasteiger partial charge in [0.25, 0.3) is 0 Å². The van der Waals surface area contributed by atoms with Gasteiger partial charge in [-0.05, 0) is 12.1 Å². The number of Topliss-reactive ketones (excluding diaryl/α,β-unsaturated/α-hetero) is 1. The van der Waals surface area contributed by atoms with E-state index in [2.05, 4.69) is 9.72 Å². The Balaban J connectivity index is 2.65. The second kappa shape index (κ2) is 5.68. The van der Waals surface area contributed by atoms with Crippen LogP contribution in [0.5, 0.6) is 0 Å². The van der Waals surface area contributed by atoms with Gasteiger partial charge < -0.3 is 4.74 Å². The summed E-state index contributed by atoms with van der Waals surface area (Å²) in [6, 6.07) is 4.20. The van der Waals surface area contributed by atoms with Gasteiger partial charge in [-0.15, -0.1) is 11.3 Å². The molecule has 1 heterocycles. The third-order valence-corrected chi connectivity index (χ3v) is 3.99. The van der Waals surface area contributed by atoms with E-state index >= 15 is 0 Å². The molecule has 0 radical (unpaired) electrons. The van der Waals surface area contributed by atoms with Crippen LogP contribution in [0.3, 0.4) is 0 Å². The zero-order chi connectivity index (χ0) is 14.9. The maximum Gasteiger partial charge on any atom is 0.358 e. The number of halogens is 2. The lowest BCUT2D eigenvalue weighted by atomic mass is 10.2. The molecule has 0 saturated heterocycles. The van der Waals surface area contributed by atoms with Gasteiger partial charge in [-0.25, -0.2) is 14.2 Å². The van der Waals surface area contributed by atoms with Crippen molar-refractivity contribution < 1.29 is 18.7 Å². The minimum atomic E-state index is -0.745. The molecule has 0 bridgehead atoms. The van der Waals surface area contributed by atoms with E-state index < -0.39 is 11.8 Å². The lowest BCUT2D eigenvalue weighted by molar-refractivity contribution is 0.0591. The molecule has 0 fully saturated rings. The molecule has 0 N–H and O–H groups in total. The summed E-state index contributed by atoms with van der Waals surface area (Å²) in [5.74, 6) is -1.66. The van der Waals surface area contributed by atoms with Gasteiger partial charge in [0.1, 0.15) is 15.7 Å². The van der Waals surface area contributed by atoms with Crippen molar-refractivity contribution in [3.05, 3.63) is 39.6 Å². The van der Waals surface area contributed by atoms with E-state index in [1.807, 2.05) is 0 Å². The fourth-order valence-electron chi connectivity index (χ4n) is 1.60. The number of hydrogen-bond acceptors (Lipinski definition) is 5. The molecule has 0 unspecified atom stereocenters. The van der Waals surface area contributed by atoms with Crippen LogP contribution >= 0.6 is 22.9 Å². The number of methoxy groups -OCH3 is 1. The van der Waals surface area contributed by atoms with Gasteiger partial charge in [0, 0.05) is 6.92 Å². The summed E-state index contributed by atoms with van der Waals surface area (Å²) in [5.41, 5.74) is -0.0591. The van der Waals surface area contributed by atoms with Gasteiger partial charge in [-0.2, -0.15) is 0 Å². The van der Waals surface area contributed by atoms with Gasteiger partial charge in [0.15, 0.2) is 11.5 Å². The maximum absolute atomic E-state index is 13.8. The first-order chi connectivity index (χ1) is 9.45. The Labute approximate surface area is 123 Å². The van der Waals surface area contributed by atoms with Crippen molar-refractivity contribution in [3.63, 3.8) is 0 Å². The zero-order valence-electron chi connectivity index (χ0n) is 10.6. The number of esters is 1. The molecule has 7 heteroatoms. The number of nitrogens with zero attached hydrogens (tertiary/aromatic N) is 1. The van der Waals surface area contributed by atoms with E-state index in [-0.39, 0.29) is 31.9 Å². The summed E-state index contributed by atoms with van der Waals surface area (Å²) >= 11 is 6.85. The molecule has 2 aromatic rings. The number of ether oxygens (including phenoxy) is 1. The number of benzene rings is 1. The molecule has 0 amide bonds. The summed E-state index contributed by atoms with van der Waals surface area (Å²) in [5, 5.41) is 0.323. The Kier molecular flexibility index (Phi) is 4.15. The standard InChI is InChI=1S/C13H9ClFNO3S/c1-6(17)11-10(13(18)19-2)16-12(20-11)9-7(14)4-3-5-8(9)15/h3-5H,1-2H3. The van der Waals surface area contributed by atoms with E-state index in [0.717, 1.165) is 11.3 Å². The van der Waals surface area contributed by atoms with Gasteiger partial charge in [0.05, 0.1) is 17.7 Å². The zero-order valence-corrected chi connectivity index (χ0v) is 12.1. The Morgan fingerprint density at radius 2 is 2.10 bits per heavy atom. The second-order valence-corrected chi connectivity index (χ2v) is 5.25. The van der Waals surface area contributed by atoms with Crippen LogP contribution in [0, 0.1) is 5.82 Å². The summed E-state index contributed by atoms with van der Waals surface area (Å²) in [6.45, 7) is 1.30. The number of thiazole rings is 1. The second-order valence-electron chi connectivity index (χ2n) is 3.84. The number of rotatable bonds is 3. The number of ketones is 1. The highest BCUT2D eigenvalue weighted by atomic mass is 35.5. The Bertz CT molecular complexity index is 679. The molecule has 1 aromatic carbocycles. The van der Waals surface area contributed by atoms with Gasteiger partial charge in [-0.3, -0.25) is 4.79 Å². The lowest BCUT2D eigenvalue weighted by Crippen LogP contribution is -2.06. The third kappa shape index (κ3) is 2.57. The minimum absolute atomic E-state index is 0.0665. The van der Waals surface area contributed by atoms with Crippen LogP contribution < -0.4 is 0 Å². The summed E-state index contributed by atoms with van der Waals surface area (Å²) < 4.78 is 18.4. The first-order valence-electron chi connectivity index (χ1n) is 5.50. The van der Waals surface area contributed by atoms with E-state index in [1.54, 1.807) is 0 Å². The highest BCUT2D eigenvalue weighted by Gasteiger charge is 2.24. The molecule has 4 nitrogen and oxygen atoms in total. The molecule has 0 saturated carbocycles. The van der Waals surface area contributed by atoms with E-state index in [1.165, 1.54) is 32.2 Å². The Morgan fingerprint density at radius 1 is 1.40 bits per heavy atom. The average Bonchev–Trinajstić information content (AvgIpc) is 2.82. The van der Waals surface area contributed by atoms with Crippen LogP contribution in [0.4, 0.5) is 4.39 Å². The molecular formula is C13H9ClFNO3S. The van der Waals surface area contributed by atoms with Crippen LogP contribution in [-0.4, -0.2) is 23.8 Å². The van der Waals surface area contributed by atoms with Crippen molar-refractivity contribution in [1.82, 2.24) is 4.98 Å². The summed E-state index contributed by atoms with van der Waals surface area (Å²) in [7, 11) is 1.18. The smallest absolute Gasteiger partial charge is 0.358 e. The molecule has 2 rings (SSSR count). The molecule has 0 aliphatic carbocycles. The van der Waals surface area contributed by atoms with Crippen LogP contribution in [-0.2, 0) is 4.74 Å². The van der Waals surface area contributed by atoms with Gasteiger partial charge in [0.2, 0.25) is 0 Å². The van der Waals surface area contributed by atoms with Crippen LogP contribution in [0.25, 0.3) is 10.6 Å². The van der Waals surface area contributed by atoms with Crippen LogP contribution in [0.2, 0.25) is 5.02 Å². The molecule has 104 valence electrons. The Hall–Kier alpha value is -1.79. The average molecular weight is 314 g/mol. The normalized spacial score (nSPS) is 10.4. The van der Waals surface area contributed by atoms with Crippen LogP contribution in [0.1, 0.15) is 27.1 Å². The van der Waals surface area contributed by atoms with Crippen molar-refractivity contribution in [3.8, 4) is 10.6 Å². The predicted molar refractivity (Wildman–Crippen MR) is 73.9 cm³/mol. The first kappa shape index (κ1) is 14.6. The SMILES string of the molecule is COC(=O)c1nc(-c2c(F)cccc2Cl)sc1C(C)=O. The minimum Gasteiger partial charge on any atom is -0.464 e. The highest BCUT2D eigenvalue weighted by molar-refractivity contribution is 7.17. The van der Waals surface area contributed by atoms with Crippen molar-refractivity contribution in [2.24, 2.45) is 0 Å². The van der Waals surface area contributed by atoms with Gasteiger partial charge >= 0.3 is 5.97 Å². The van der Waals surface area contributed by atoms with E-state index in [4.69, 9.17) is 11.6 Å². The quantitative estimate of drug-likeness (QED) is 0.642. The van der Waals surface area contributed by atoms with Gasteiger partial charge in [-0.1, -0.05) is 17.7 Å². The molecule has 0 aliphatic heterocycles. The molecule has 0 atom stereocenters. The lowest BCUT2D eigenvalue weighted by Gasteiger charge is -2.01. The fraction of sp³-hybridized carbons (Fsp3) is 0.154. The summed E-state index contributed by atoms with van der Waals surface area (Å²) in [4.78, 5) is 27.2. The molecule has 0 aliphatic rings. The maximum atomic E-state index is 13.8. The van der Waals surface area contributed by atoms with Crippen molar-refractivity contribution in [2.75, 3.05) is 7.11 Å². The number of carbonyl (C=O) groups excluding carboxylic acids is 2. The highest BCUT2D eigenvalue weighted by Crippen LogP contribution is 2.35. The first-order valence-corrected chi connectivity index (χ1v) is 6.69. The molecule has 0 spiro atoms. The molecule has 1 aromatic heterocycles. The van der Waals surface area contributed by atoms with E-state index in [0.29, 0.717) is 0 Å². The monoisotopic (exact) mass is 313 g/mol. The topological polar surface area (TPSA) is 56.3 Å². The third-order valence-electron chi connectivity index (χ3n) is 2.50. The number of aromatic nitrogens is 1. The Morgan fingerprint density at radius 3 is 2.65 bits per heavy atom. The van der Waals surface area contributed by atoms with Crippen LogP contribution in [0.15, 0.2) is 18.2 Å². The predicted octanol–water partition coefficient (Wildman–Crippen LogP) is 3.59. The largest absolute Gasteiger partial charge is 0.464 e. The van der Waals surface area contributed by atoms with Crippen molar-refractivity contribution in [1.29, 1.82) is 0 Å². The summed E-state index contributed by atoms with van der Waals surface area (Å²) in [6.07, 6.45) is 0. The van der Waals surface area contributed by atoms with E-state index in [9.17, 15) is 14.0 Å². The number of hydrogen-bond donors (Lipinski definition) is 0. The van der Waals surface area contributed by atoms with Crippen molar-refractivity contribution in [2.45, 2.75) is 6.92 Å². The fourth-order valence-corrected chi connectivity index (χ4v) is 2.92. The number of carbonyl (C=O) groups is 2. The molecule has 20 heavy (non-hydrogen) atoms.